The summed E-state index contributed by atoms with van der Waals surface area (Å²) < 4.78 is 0. The molecular weight excluding hydrogens is 505 g/mol. The molecule has 0 aromatic heterocycles. The van der Waals surface area contributed by atoms with Crippen molar-refractivity contribution in [3.8, 4) is 0 Å². The van der Waals surface area contributed by atoms with Gasteiger partial charge >= 0.3 is 0 Å². The zero-order chi connectivity index (χ0) is 25.8. The van der Waals surface area contributed by atoms with Crippen molar-refractivity contribution < 1.29 is 0 Å². The molecule has 1 rings (SSSR count). The second kappa shape index (κ2) is 29.2. The molecule has 35 heavy (non-hydrogen) atoms. The zero-order valence-corrected chi connectivity index (χ0v) is 26.9. The normalized spacial score (nSPS) is 11.2. The van der Waals surface area contributed by atoms with Crippen LogP contribution < -0.4 is 0 Å². The fraction of sp³-hybridized carbons (Fsp3) is 0.806. The molecule has 0 aliphatic heterocycles. The van der Waals surface area contributed by atoms with Gasteiger partial charge in [0.05, 0.1) is 6.63 Å². The third-order valence-electron chi connectivity index (χ3n) is 6.63. The van der Waals surface area contributed by atoms with Crippen molar-refractivity contribution >= 4 is 37.0 Å². The average molecular weight is 564 g/mol. The predicted molar refractivity (Wildman–Crippen MR) is 170 cm³/mol. The standard InChI is InChI=1S/C24H51P.C7H7Cl2P/c1-4-7-10-13-16-19-22-25(23-20-17-14-11-8-5-2)24-21-18-15-12-9-6-3;8-10(9)6-7-4-2-1-3-5-7/h4-24H2,1-3H3;1-5H,6H2. The van der Waals surface area contributed by atoms with Gasteiger partial charge in [0.15, 0.2) is 0 Å². The van der Waals surface area contributed by atoms with Gasteiger partial charge < -0.3 is 0 Å². The Morgan fingerprint density at radius 1 is 0.486 bits per heavy atom. The van der Waals surface area contributed by atoms with E-state index in [4.69, 9.17) is 22.5 Å². The van der Waals surface area contributed by atoms with Crippen LogP contribution in [0.5, 0.6) is 0 Å². The lowest BCUT2D eigenvalue weighted by molar-refractivity contribution is 0.617. The van der Waals surface area contributed by atoms with Crippen molar-refractivity contribution in [2.24, 2.45) is 0 Å². The van der Waals surface area contributed by atoms with Crippen molar-refractivity contribution in [2.45, 2.75) is 143 Å². The van der Waals surface area contributed by atoms with E-state index < -0.39 is 6.63 Å². The molecule has 0 unspecified atom stereocenters. The molecule has 0 saturated heterocycles. The first-order valence-corrected chi connectivity index (χ1v) is 20.2. The molecule has 0 saturated carbocycles. The van der Waals surface area contributed by atoms with Crippen molar-refractivity contribution in [2.75, 3.05) is 18.5 Å². The maximum atomic E-state index is 5.64. The Balaban J connectivity index is 0.000000952. The molecular formula is C31H58Cl2P2. The number of benzene rings is 1. The molecule has 0 radical (unpaired) electrons. The molecule has 0 nitrogen and oxygen atoms in total. The molecule has 0 amide bonds. The lowest BCUT2D eigenvalue weighted by Crippen LogP contribution is -1.97. The zero-order valence-electron chi connectivity index (χ0n) is 23.6. The lowest BCUT2D eigenvalue weighted by atomic mass is 10.1. The summed E-state index contributed by atoms with van der Waals surface area (Å²) in [7, 11) is 0.366. The third-order valence-corrected chi connectivity index (χ3v) is 10.8. The van der Waals surface area contributed by atoms with Gasteiger partial charge in [0.25, 0.3) is 0 Å². The van der Waals surface area contributed by atoms with E-state index in [1.165, 1.54) is 121 Å². The summed E-state index contributed by atoms with van der Waals surface area (Å²) in [6.45, 7) is 6.13. The summed E-state index contributed by atoms with van der Waals surface area (Å²) in [5.41, 5.74) is 1.21. The first-order valence-electron chi connectivity index (χ1n) is 15.0. The summed E-state index contributed by atoms with van der Waals surface area (Å²) in [6.07, 6.45) is 32.0. The van der Waals surface area contributed by atoms with Crippen LogP contribution in [0.2, 0.25) is 0 Å². The monoisotopic (exact) mass is 562 g/mol. The van der Waals surface area contributed by atoms with E-state index in [0.717, 1.165) is 6.16 Å². The van der Waals surface area contributed by atoms with Gasteiger partial charge in [-0.1, -0.05) is 170 Å². The Hall–Kier alpha value is 0.660. The molecule has 0 fully saturated rings. The number of rotatable bonds is 23. The number of halogens is 2. The topological polar surface area (TPSA) is 0 Å². The Morgan fingerprint density at radius 3 is 1.17 bits per heavy atom. The van der Waals surface area contributed by atoms with Crippen molar-refractivity contribution in [3.05, 3.63) is 35.9 Å². The summed E-state index contributed by atoms with van der Waals surface area (Å²) in [6, 6.07) is 10.0. The molecule has 0 aliphatic rings. The van der Waals surface area contributed by atoms with E-state index >= 15 is 0 Å². The first kappa shape index (κ1) is 35.7. The number of hydrogen-bond donors (Lipinski definition) is 0. The molecule has 0 aliphatic carbocycles. The highest BCUT2D eigenvalue weighted by Gasteiger charge is 2.08. The fourth-order valence-electron chi connectivity index (χ4n) is 4.40. The van der Waals surface area contributed by atoms with Gasteiger partial charge in [0, 0.05) is 6.16 Å². The van der Waals surface area contributed by atoms with Gasteiger partial charge in [-0.2, -0.15) is 0 Å². The number of hydrogen-bond acceptors (Lipinski definition) is 0. The summed E-state index contributed by atoms with van der Waals surface area (Å²) in [4.78, 5) is 0. The molecule has 0 atom stereocenters. The Labute approximate surface area is 233 Å². The highest BCUT2D eigenvalue weighted by molar-refractivity contribution is 8.03. The SMILES string of the molecule is CCCCCCCCP(CCCCCCCC)CCCCCCCC.ClP(Cl)Cc1ccccc1. The van der Waals surface area contributed by atoms with Crippen molar-refractivity contribution in [1.82, 2.24) is 0 Å². The van der Waals surface area contributed by atoms with Crippen LogP contribution in [0.25, 0.3) is 0 Å². The minimum absolute atomic E-state index is 0.366. The van der Waals surface area contributed by atoms with E-state index in [1.54, 1.807) is 18.5 Å². The van der Waals surface area contributed by atoms with Crippen LogP contribution in [0.4, 0.5) is 0 Å². The first-order chi connectivity index (χ1) is 17.1. The molecule has 4 heteroatoms. The van der Waals surface area contributed by atoms with E-state index in [0.29, 0.717) is 7.92 Å². The van der Waals surface area contributed by atoms with Gasteiger partial charge in [0.1, 0.15) is 0 Å². The second-order valence-corrected chi connectivity index (χ2v) is 16.7. The van der Waals surface area contributed by atoms with Gasteiger partial charge in [0.2, 0.25) is 0 Å². The van der Waals surface area contributed by atoms with Gasteiger partial charge in [-0.15, -0.1) is 7.92 Å². The Kier molecular flexibility index (Phi) is 29.8. The largest absolute Gasteiger partial charge is 0.107 e. The van der Waals surface area contributed by atoms with Crippen LogP contribution in [0.1, 0.15) is 142 Å². The molecule has 206 valence electrons. The summed E-state index contributed by atoms with van der Waals surface area (Å²) in [5, 5.41) is 0. The molecule has 0 bridgehead atoms. The van der Waals surface area contributed by atoms with Crippen LogP contribution in [-0.2, 0) is 6.16 Å². The predicted octanol–water partition coefficient (Wildman–Crippen LogP) is 13.5. The smallest absolute Gasteiger partial charge is 0.0899 e. The van der Waals surface area contributed by atoms with Crippen molar-refractivity contribution in [1.29, 1.82) is 0 Å². The van der Waals surface area contributed by atoms with Crippen LogP contribution in [0.15, 0.2) is 30.3 Å². The van der Waals surface area contributed by atoms with E-state index in [9.17, 15) is 0 Å². The van der Waals surface area contributed by atoms with Crippen LogP contribution in [-0.4, -0.2) is 18.5 Å². The molecule has 0 heterocycles. The highest BCUT2D eigenvalue weighted by atomic mass is 35.9. The highest BCUT2D eigenvalue weighted by Crippen LogP contribution is 2.49. The Bertz CT molecular complexity index is 472. The second-order valence-electron chi connectivity index (χ2n) is 10.1. The molecule has 0 N–H and O–H groups in total. The third kappa shape index (κ3) is 27.5. The van der Waals surface area contributed by atoms with Crippen LogP contribution in [0.3, 0.4) is 0 Å². The fourth-order valence-corrected chi connectivity index (χ4v) is 8.40. The minimum atomic E-state index is -0.832. The quantitative estimate of drug-likeness (QED) is 0.0918. The van der Waals surface area contributed by atoms with Gasteiger partial charge in [-0.25, -0.2) is 0 Å². The van der Waals surface area contributed by atoms with Crippen molar-refractivity contribution in [3.63, 3.8) is 0 Å². The Morgan fingerprint density at radius 2 is 0.829 bits per heavy atom. The van der Waals surface area contributed by atoms with E-state index in [2.05, 4.69) is 20.8 Å². The average Bonchev–Trinajstić information content (AvgIpc) is 2.85. The maximum absolute atomic E-state index is 5.64. The van der Waals surface area contributed by atoms with E-state index in [1.807, 2.05) is 30.3 Å². The summed E-state index contributed by atoms with van der Waals surface area (Å²) in [5.74, 6) is 0. The summed E-state index contributed by atoms with van der Waals surface area (Å²) >= 11 is 11.3. The molecule has 1 aromatic carbocycles. The van der Waals surface area contributed by atoms with Gasteiger partial charge in [-0.3, -0.25) is 0 Å². The van der Waals surface area contributed by atoms with Crippen LogP contribution >= 0.6 is 37.0 Å². The molecule has 1 aromatic rings. The van der Waals surface area contributed by atoms with Crippen LogP contribution in [0, 0.1) is 0 Å². The van der Waals surface area contributed by atoms with E-state index in [-0.39, 0.29) is 0 Å². The molecule has 0 spiro atoms. The minimum Gasteiger partial charge on any atom is -0.107 e. The maximum Gasteiger partial charge on any atom is 0.0899 e. The van der Waals surface area contributed by atoms with Gasteiger partial charge in [-0.05, 0) is 43.3 Å². The lowest BCUT2D eigenvalue weighted by Gasteiger charge is -2.18. The number of unbranched alkanes of at least 4 members (excludes halogenated alkanes) is 15.